The third-order valence-corrected chi connectivity index (χ3v) is 3.12. The molecule has 2 amide bonds. The molecule has 0 spiro atoms. The average Bonchev–Trinajstić information content (AvgIpc) is 2.54. The van der Waals surface area contributed by atoms with Gasteiger partial charge in [-0.15, -0.1) is 0 Å². The predicted octanol–water partition coefficient (Wildman–Crippen LogP) is 4.08. The molecule has 0 fully saturated rings. The maximum Gasteiger partial charge on any atom is 0.248 e. The number of anilines is 2. The molecule has 0 atom stereocenters. The molecule has 118 valence electrons. The van der Waals surface area contributed by atoms with Gasteiger partial charge in [0.15, 0.2) is 0 Å². The maximum absolute atomic E-state index is 11.9. The molecule has 0 bridgehead atoms. The maximum atomic E-state index is 11.9. The van der Waals surface area contributed by atoms with Gasteiger partial charge in [0.1, 0.15) is 0 Å². The number of benzene rings is 2. The molecule has 2 rings (SSSR count). The summed E-state index contributed by atoms with van der Waals surface area (Å²) in [6, 6.07) is 16.7. The van der Waals surface area contributed by atoms with E-state index in [0.29, 0.717) is 17.8 Å². The van der Waals surface area contributed by atoms with E-state index in [1.165, 1.54) is 6.08 Å². The minimum absolute atomic E-state index is 0.0278. The summed E-state index contributed by atoms with van der Waals surface area (Å²) in [7, 11) is 0. The second-order valence-electron chi connectivity index (χ2n) is 5.11. The van der Waals surface area contributed by atoms with Gasteiger partial charge in [0, 0.05) is 23.9 Å². The van der Waals surface area contributed by atoms with Crippen molar-refractivity contribution in [3.05, 3.63) is 66.2 Å². The first-order valence-electron chi connectivity index (χ1n) is 7.61. The van der Waals surface area contributed by atoms with Crippen molar-refractivity contribution in [2.45, 2.75) is 19.8 Å². The zero-order chi connectivity index (χ0) is 16.5. The molecule has 4 heteroatoms. The molecule has 0 aliphatic rings. The third kappa shape index (κ3) is 5.79. The van der Waals surface area contributed by atoms with Gasteiger partial charge in [-0.25, -0.2) is 0 Å². The molecule has 23 heavy (non-hydrogen) atoms. The summed E-state index contributed by atoms with van der Waals surface area (Å²) in [5.41, 5.74) is 2.28. The van der Waals surface area contributed by atoms with Gasteiger partial charge in [-0.1, -0.05) is 43.3 Å². The minimum Gasteiger partial charge on any atom is -0.326 e. The van der Waals surface area contributed by atoms with Gasteiger partial charge in [-0.05, 0) is 36.3 Å². The van der Waals surface area contributed by atoms with Crippen LogP contribution in [0.15, 0.2) is 60.7 Å². The Morgan fingerprint density at radius 1 is 0.957 bits per heavy atom. The lowest BCUT2D eigenvalue weighted by molar-refractivity contribution is -0.116. The highest BCUT2D eigenvalue weighted by Gasteiger charge is 2.03. The van der Waals surface area contributed by atoms with E-state index in [0.717, 1.165) is 12.0 Å². The minimum atomic E-state index is -0.217. The summed E-state index contributed by atoms with van der Waals surface area (Å²) in [6.45, 7) is 1.95. The molecule has 0 saturated heterocycles. The zero-order valence-corrected chi connectivity index (χ0v) is 13.1. The number of carbonyl (C=O) groups excluding carboxylic acids is 2. The Morgan fingerprint density at radius 3 is 2.35 bits per heavy atom. The highest BCUT2D eigenvalue weighted by Crippen LogP contribution is 2.15. The van der Waals surface area contributed by atoms with Crippen LogP contribution in [-0.4, -0.2) is 11.8 Å². The van der Waals surface area contributed by atoms with Crippen molar-refractivity contribution in [2.24, 2.45) is 0 Å². The first-order valence-corrected chi connectivity index (χ1v) is 7.61. The lowest BCUT2D eigenvalue weighted by Gasteiger charge is -2.07. The standard InChI is InChI=1S/C19H20N2O2/c1-2-7-18(22)20-16-10-6-11-17(14-16)21-19(23)13-12-15-8-4-3-5-9-15/h3-6,8-14H,2,7H2,1H3,(H,20,22)(H,21,23)/b13-12+. The van der Waals surface area contributed by atoms with Crippen LogP contribution in [0.2, 0.25) is 0 Å². The molecule has 0 aliphatic heterocycles. The Hall–Kier alpha value is -2.88. The van der Waals surface area contributed by atoms with Crippen molar-refractivity contribution in [1.82, 2.24) is 0 Å². The van der Waals surface area contributed by atoms with E-state index in [4.69, 9.17) is 0 Å². The van der Waals surface area contributed by atoms with Crippen molar-refractivity contribution in [3.8, 4) is 0 Å². The van der Waals surface area contributed by atoms with Gasteiger partial charge in [0.25, 0.3) is 0 Å². The SMILES string of the molecule is CCCC(=O)Nc1cccc(NC(=O)/C=C/c2ccccc2)c1. The van der Waals surface area contributed by atoms with Crippen molar-refractivity contribution in [1.29, 1.82) is 0 Å². The number of carbonyl (C=O) groups is 2. The van der Waals surface area contributed by atoms with Gasteiger partial charge in [0.2, 0.25) is 11.8 Å². The highest BCUT2D eigenvalue weighted by molar-refractivity contribution is 6.02. The van der Waals surface area contributed by atoms with E-state index in [9.17, 15) is 9.59 Å². The van der Waals surface area contributed by atoms with Crippen LogP contribution in [0.1, 0.15) is 25.3 Å². The second kappa shape index (κ2) is 8.54. The van der Waals surface area contributed by atoms with Crippen molar-refractivity contribution in [2.75, 3.05) is 10.6 Å². The average molecular weight is 308 g/mol. The number of nitrogens with one attached hydrogen (secondary N) is 2. The Kier molecular flexibility index (Phi) is 6.12. The molecular weight excluding hydrogens is 288 g/mol. The van der Waals surface area contributed by atoms with Gasteiger partial charge in [0.05, 0.1) is 0 Å². The predicted molar refractivity (Wildman–Crippen MR) is 94.1 cm³/mol. The molecule has 0 radical (unpaired) electrons. The van der Waals surface area contributed by atoms with Gasteiger partial charge >= 0.3 is 0 Å². The van der Waals surface area contributed by atoms with E-state index in [-0.39, 0.29) is 11.8 Å². The quantitative estimate of drug-likeness (QED) is 0.790. The van der Waals surface area contributed by atoms with E-state index in [1.54, 1.807) is 30.3 Å². The number of hydrogen-bond acceptors (Lipinski definition) is 2. The summed E-state index contributed by atoms with van der Waals surface area (Å²) < 4.78 is 0. The van der Waals surface area contributed by atoms with Crippen LogP contribution in [0.4, 0.5) is 11.4 Å². The molecular formula is C19H20N2O2. The van der Waals surface area contributed by atoms with Crippen LogP contribution in [-0.2, 0) is 9.59 Å². The normalized spacial score (nSPS) is 10.5. The molecule has 0 aliphatic carbocycles. The number of hydrogen-bond donors (Lipinski definition) is 2. The summed E-state index contributed by atoms with van der Waals surface area (Å²) in [4.78, 5) is 23.5. The second-order valence-corrected chi connectivity index (χ2v) is 5.11. The fourth-order valence-electron chi connectivity index (χ4n) is 2.05. The van der Waals surface area contributed by atoms with Crippen LogP contribution in [0.5, 0.6) is 0 Å². The van der Waals surface area contributed by atoms with Crippen LogP contribution in [0.25, 0.3) is 6.08 Å². The van der Waals surface area contributed by atoms with Gasteiger partial charge < -0.3 is 10.6 Å². The number of amides is 2. The van der Waals surface area contributed by atoms with Crippen molar-refractivity contribution in [3.63, 3.8) is 0 Å². The molecule has 2 aromatic rings. The third-order valence-electron chi connectivity index (χ3n) is 3.12. The summed E-state index contributed by atoms with van der Waals surface area (Å²) in [5, 5.41) is 5.59. The summed E-state index contributed by atoms with van der Waals surface area (Å²) in [5.74, 6) is -0.245. The first kappa shape index (κ1) is 16.5. The van der Waals surface area contributed by atoms with Gasteiger partial charge in [-0.3, -0.25) is 9.59 Å². The van der Waals surface area contributed by atoms with Crippen molar-refractivity contribution >= 4 is 29.3 Å². The van der Waals surface area contributed by atoms with Crippen molar-refractivity contribution < 1.29 is 9.59 Å². The lowest BCUT2D eigenvalue weighted by Crippen LogP contribution is -2.11. The molecule has 0 heterocycles. The zero-order valence-electron chi connectivity index (χ0n) is 13.1. The van der Waals surface area contributed by atoms with E-state index in [1.807, 2.05) is 37.3 Å². The van der Waals surface area contributed by atoms with Gasteiger partial charge in [-0.2, -0.15) is 0 Å². The van der Waals surface area contributed by atoms with Crippen LogP contribution >= 0.6 is 0 Å². The lowest BCUT2D eigenvalue weighted by atomic mass is 10.2. The number of rotatable bonds is 6. The molecule has 0 unspecified atom stereocenters. The van der Waals surface area contributed by atoms with Crippen LogP contribution in [0.3, 0.4) is 0 Å². The van der Waals surface area contributed by atoms with E-state index in [2.05, 4.69) is 10.6 Å². The summed E-state index contributed by atoms with van der Waals surface area (Å²) in [6.07, 6.45) is 4.52. The Labute approximate surface area is 136 Å². The summed E-state index contributed by atoms with van der Waals surface area (Å²) >= 11 is 0. The van der Waals surface area contributed by atoms with Crippen LogP contribution in [0, 0.1) is 0 Å². The monoisotopic (exact) mass is 308 g/mol. The molecule has 4 nitrogen and oxygen atoms in total. The van der Waals surface area contributed by atoms with Crippen LogP contribution < -0.4 is 10.6 Å². The highest BCUT2D eigenvalue weighted by atomic mass is 16.2. The molecule has 0 aromatic heterocycles. The Morgan fingerprint density at radius 2 is 1.65 bits per heavy atom. The fourth-order valence-corrected chi connectivity index (χ4v) is 2.05. The topological polar surface area (TPSA) is 58.2 Å². The fraction of sp³-hybridized carbons (Fsp3) is 0.158. The van der Waals surface area contributed by atoms with E-state index < -0.39 is 0 Å². The smallest absolute Gasteiger partial charge is 0.248 e. The van der Waals surface area contributed by atoms with E-state index >= 15 is 0 Å². The first-order chi connectivity index (χ1) is 11.2. The Balaban J connectivity index is 1.95. The largest absolute Gasteiger partial charge is 0.326 e. The Bertz CT molecular complexity index is 694. The molecule has 2 aromatic carbocycles. The molecule has 0 saturated carbocycles. The molecule has 2 N–H and O–H groups in total.